The molecule has 0 atom stereocenters. The van der Waals surface area contributed by atoms with Gasteiger partial charge in [-0.25, -0.2) is 0 Å². The summed E-state index contributed by atoms with van der Waals surface area (Å²) >= 11 is 6.61. The van der Waals surface area contributed by atoms with Gasteiger partial charge in [0.15, 0.2) is 0 Å². The van der Waals surface area contributed by atoms with E-state index in [1.807, 2.05) is 35.0 Å². The highest BCUT2D eigenvalue weighted by molar-refractivity contribution is 8.26. The predicted molar refractivity (Wildman–Crippen MR) is 112 cm³/mol. The van der Waals surface area contributed by atoms with E-state index in [2.05, 4.69) is 6.92 Å². The SMILES string of the molecule is CCc1cccc2c(/C=C3\SC(=S)N(CCOC)C3=O)cn(CC(N)=O)c12. The fourth-order valence-electron chi connectivity index (χ4n) is 3.17. The number of primary amides is 1. The zero-order valence-electron chi connectivity index (χ0n) is 15.2. The molecule has 8 heteroatoms. The highest BCUT2D eigenvalue weighted by Crippen LogP contribution is 2.35. The molecule has 0 bridgehead atoms. The van der Waals surface area contributed by atoms with Gasteiger partial charge in [-0.15, -0.1) is 0 Å². The second-order valence-electron chi connectivity index (χ2n) is 6.17. The molecule has 1 aromatic carbocycles. The minimum Gasteiger partial charge on any atom is -0.383 e. The van der Waals surface area contributed by atoms with E-state index < -0.39 is 5.91 Å². The quantitative estimate of drug-likeness (QED) is 0.568. The Balaban J connectivity index is 2.05. The van der Waals surface area contributed by atoms with Crippen molar-refractivity contribution in [3.05, 3.63) is 40.4 Å². The van der Waals surface area contributed by atoms with Gasteiger partial charge in [0, 0.05) is 24.3 Å². The van der Waals surface area contributed by atoms with Gasteiger partial charge in [-0.1, -0.05) is 49.1 Å². The molecule has 1 saturated heterocycles. The van der Waals surface area contributed by atoms with Crippen LogP contribution in [0, 0.1) is 0 Å². The molecule has 1 aliphatic heterocycles. The molecule has 1 aromatic heterocycles. The first-order valence-electron chi connectivity index (χ1n) is 8.59. The van der Waals surface area contributed by atoms with Crippen molar-refractivity contribution in [1.82, 2.24) is 9.47 Å². The third-order valence-electron chi connectivity index (χ3n) is 4.40. The number of rotatable bonds is 7. The molecule has 142 valence electrons. The zero-order valence-corrected chi connectivity index (χ0v) is 16.9. The third-order valence-corrected chi connectivity index (χ3v) is 5.78. The van der Waals surface area contributed by atoms with Crippen LogP contribution in [0.15, 0.2) is 29.3 Å². The first kappa shape index (κ1) is 19.6. The second-order valence-corrected chi connectivity index (χ2v) is 7.85. The summed E-state index contributed by atoms with van der Waals surface area (Å²) in [6.45, 7) is 3.02. The van der Waals surface area contributed by atoms with Crippen LogP contribution in [-0.2, 0) is 27.3 Å². The van der Waals surface area contributed by atoms with Crippen LogP contribution >= 0.6 is 24.0 Å². The molecule has 0 unspecified atom stereocenters. The van der Waals surface area contributed by atoms with Crippen LogP contribution in [0.25, 0.3) is 17.0 Å². The smallest absolute Gasteiger partial charge is 0.266 e. The molecule has 2 amide bonds. The number of thiocarbonyl (C=S) groups is 1. The molecule has 2 N–H and O–H groups in total. The van der Waals surface area contributed by atoms with Gasteiger partial charge >= 0.3 is 0 Å². The number of ether oxygens (including phenoxy) is 1. The molecule has 1 aliphatic rings. The largest absolute Gasteiger partial charge is 0.383 e. The Morgan fingerprint density at radius 2 is 2.19 bits per heavy atom. The number of methoxy groups -OCH3 is 1. The molecule has 27 heavy (non-hydrogen) atoms. The molecule has 0 spiro atoms. The summed E-state index contributed by atoms with van der Waals surface area (Å²) in [6.07, 6.45) is 4.54. The number of para-hydroxylation sites is 1. The van der Waals surface area contributed by atoms with E-state index in [9.17, 15) is 9.59 Å². The Morgan fingerprint density at radius 1 is 1.41 bits per heavy atom. The minimum atomic E-state index is -0.407. The van der Waals surface area contributed by atoms with Crippen LogP contribution in [0.2, 0.25) is 0 Å². The lowest BCUT2D eigenvalue weighted by Crippen LogP contribution is -2.31. The number of aryl methyl sites for hydroxylation is 1. The maximum Gasteiger partial charge on any atom is 0.266 e. The van der Waals surface area contributed by atoms with Gasteiger partial charge in [0.05, 0.1) is 23.6 Å². The lowest BCUT2D eigenvalue weighted by molar-refractivity contribution is -0.122. The summed E-state index contributed by atoms with van der Waals surface area (Å²) in [5.74, 6) is -0.528. The maximum atomic E-state index is 12.7. The summed E-state index contributed by atoms with van der Waals surface area (Å²) in [4.78, 5) is 26.3. The van der Waals surface area contributed by atoms with Crippen molar-refractivity contribution < 1.29 is 14.3 Å². The van der Waals surface area contributed by atoms with Gasteiger partial charge in [0.2, 0.25) is 5.91 Å². The lowest BCUT2D eigenvalue weighted by Gasteiger charge is -2.12. The number of nitrogens with two attached hydrogens (primary N) is 1. The van der Waals surface area contributed by atoms with E-state index in [-0.39, 0.29) is 12.5 Å². The van der Waals surface area contributed by atoms with Crippen LogP contribution in [0.4, 0.5) is 0 Å². The topological polar surface area (TPSA) is 77.6 Å². The number of benzene rings is 1. The monoisotopic (exact) mass is 403 g/mol. The number of carbonyl (C=O) groups excluding carboxylic acids is 2. The third kappa shape index (κ3) is 3.92. The number of hydrogen-bond acceptors (Lipinski definition) is 5. The second kappa shape index (κ2) is 8.24. The molecule has 3 rings (SSSR count). The fourth-order valence-corrected chi connectivity index (χ4v) is 4.47. The Bertz CT molecular complexity index is 949. The molecule has 6 nitrogen and oxygen atoms in total. The number of amides is 2. The van der Waals surface area contributed by atoms with Gasteiger partial charge in [0.1, 0.15) is 10.9 Å². The van der Waals surface area contributed by atoms with Gasteiger partial charge < -0.3 is 15.0 Å². The number of nitrogens with zero attached hydrogens (tertiary/aromatic N) is 2. The number of hydrogen-bond donors (Lipinski definition) is 1. The summed E-state index contributed by atoms with van der Waals surface area (Å²) in [6, 6.07) is 6.01. The number of thioether (sulfide) groups is 1. The normalized spacial score (nSPS) is 16.1. The molecular weight excluding hydrogens is 382 g/mol. The minimum absolute atomic E-state index is 0.0934. The van der Waals surface area contributed by atoms with Gasteiger partial charge in [-0.3, -0.25) is 14.5 Å². The number of carbonyl (C=O) groups is 2. The van der Waals surface area contributed by atoms with Crippen molar-refractivity contribution in [1.29, 1.82) is 0 Å². The van der Waals surface area contributed by atoms with Crippen molar-refractivity contribution in [2.24, 2.45) is 5.73 Å². The number of aromatic nitrogens is 1. The Morgan fingerprint density at radius 3 is 2.85 bits per heavy atom. The molecule has 0 aliphatic carbocycles. The molecule has 2 aromatic rings. The lowest BCUT2D eigenvalue weighted by atomic mass is 10.1. The molecular formula is C19H21N3O3S2. The van der Waals surface area contributed by atoms with Crippen molar-refractivity contribution in [2.75, 3.05) is 20.3 Å². The van der Waals surface area contributed by atoms with Crippen LogP contribution in [0.1, 0.15) is 18.1 Å². The van der Waals surface area contributed by atoms with E-state index in [1.54, 1.807) is 12.0 Å². The summed E-state index contributed by atoms with van der Waals surface area (Å²) in [5, 5.41) is 0.984. The molecule has 1 fully saturated rings. The van der Waals surface area contributed by atoms with Crippen LogP contribution in [0.3, 0.4) is 0 Å². The Hall–Kier alpha value is -2.16. The van der Waals surface area contributed by atoms with Gasteiger partial charge in [0.25, 0.3) is 5.91 Å². The van der Waals surface area contributed by atoms with E-state index in [1.165, 1.54) is 11.8 Å². The zero-order chi connectivity index (χ0) is 19.6. The highest BCUT2D eigenvalue weighted by atomic mass is 32.2. The van der Waals surface area contributed by atoms with Crippen molar-refractivity contribution in [3.63, 3.8) is 0 Å². The van der Waals surface area contributed by atoms with E-state index in [4.69, 9.17) is 22.7 Å². The Kier molecular flexibility index (Phi) is 5.98. The van der Waals surface area contributed by atoms with Crippen molar-refractivity contribution in [3.8, 4) is 0 Å². The first-order valence-corrected chi connectivity index (χ1v) is 9.82. The van der Waals surface area contributed by atoms with Crippen LogP contribution in [0.5, 0.6) is 0 Å². The molecule has 0 radical (unpaired) electrons. The van der Waals surface area contributed by atoms with Crippen LogP contribution in [-0.4, -0.2) is 45.9 Å². The van der Waals surface area contributed by atoms with Gasteiger partial charge in [-0.05, 0) is 18.1 Å². The first-order chi connectivity index (χ1) is 13.0. The van der Waals surface area contributed by atoms with Crippen molar-refractivity contribution in [2.45, 2.75) is 19.9 Å². The highest BCUT2D eigenvalue weighted by Gasteiger charge is 2.31. The summed E-state index contributed by atoms with van der Waals surface area (Å²) in [5.41, 5.74) is 8.38. The summed E-state index contributed by atoms with van der Waals surface area (Å²) in [7, 11) is 1.59. The molecule has 0 saturated carbocycles. The van der Waals surface area contributed by atoms with Crippen LogP contribution < -0.4 is 5.73 Å². The van der Waals surface area contributed by atoms with Gasteiger partial charge in [-0.2, -0.15) is 0 Å². The molecule has 2 heterocycles. The predicted octanol–water partition coefficient (Wildman–Crippen LogP) is 2.54. The van der Waals surface area contributed by atoms with E-state index >= 15 is 0 Å². The standard InChI is InChI=1S/C19H21N3O3S2/c1-3-12-5-4-6-14-13(10-21(17(12)14)11-16(20)23)9-15-18(24)22(7-8-25-2)19(26)27-15/h4-6,9-10H,3,7-8,11H2,1-2H3,(H2,20,23)/b15-9-. The van der Waals surface area contributed by atoms with E-state index in [0.29, 0.717) is 22.4 Å². The fraction of sp³-hybridized carbons (Fsp3) is 0.316. The Labute approximate surface area is 167 Å². The number of fused-ring (bicyclic) bond motifs is 1. The van der Waals surface area contributed by atoms with Crippen molar-refractivity contribution >= 4 is 57.1 Å². The average Bonchev–Trinajstić information content (AvgIpc) is 3.11. The van der Waals surface area contributed by atoms with E-state index in [0.717, 1.165) is 28.5 Å². The summed E-state index contributed by atoms with van der Waals surface area (Å²) < 4.78 is 7.43. The maximum absolute atomic E-state index is 12.7. The average molecular weight is 404 g/mol.